The summed E-state index contributed by atoms with van der Waals surface area (Å²) in [4.78, 5) is 12.2. The van der Waals surface area contributed by atoms with Crippen LogP contribution in [0.5, 0.6) is 0 Å². The van der Waals surface area contributed by atoms with E-state index < -0.39 is 5.41 Å². The van der Waals surface area contributed by atoms with Crippen molar-refractivity contribution in [2.45, 2.75) is 45.7 Å². The highest BCUT2D eigenvalue weighted by molar-refractivity contribution is 6.19. The highest BCUT2D eigenvalue weighted by Gasteiger charge is 2.31. The second-order valence-corrected chi connectivity index (χ2v) is 6.20. The van der Waals surface area contributed by atoms with Crippen LogP contribution in [0.25, 0.3) is 0 Å². The van der Waals surface area contributed by atoms with Gasteiger partial charge in [-0.3, -0.25) is 9.48 Å². The summed E-state index contributed by atoms with van der Waals surface area (Å²) in [7, 11) is 0. The fourth-order valence-electron chi connectivity index (χ4n) is 2.47. The number of hydrogen-bond donors (Lipinski definition) is 2. The Hall–Kier alpha value is -1.07. The number of amides is 1. The quantitative estimate of drug-likeness (QED) is 0.812. The number of nitrogens with zero attached hydrogens (tertiary/aromatic N) is 2. The van der Waals surface area contributed by atoms with Gasteiger partial charge in [0.2, 0.25) is 5.91 Å². The number of fused-ring (bicyclic) bond motifs is 1. The maximum Gasteiger partial charge on any atom is 0.227 e. The van der Waals surface area contributed by atoms with Gasteiger partial charge < -0.3 is 10.4 Å². The lowest BCUT2D eigenvalue weighted by atomic mass is 9.90. The van der Waals surface area contributed by atoms with Crippen LogP contribution in [-0.4, -0.2) is 33.3 Å². The topological polar surface area (TPSA) is 67.2 Å². The van der Waals surface area contributed by atoms with Crippen LogP contribution >= 0.6 is 11.6 Å². The van der Waals surface area contributed by atoms with Gasteiger partial charge in [0, 0.05) is 17.1 Å². The molecule has 1 aromatic heterocycles. The Bertz CT molecular complexity index is 485. The van der Waals surface area contributed by atoms with Gasteiger partial charge in [-0.25, -0.2) is 0 Å². The molecule has 1 amide bonds. The number of rotatable bonds is 5. The van der Waals surface area contributed by atoms with Gasteiger partial charge in [0.25, 0.3) is 0 Å². The summed E-state index contributed by atoms with van der Waals surface area (Å²) in [6, 6.07) is 0.00110. The van der Waals surface area contributed by atoms with Gasteiger partial charge in [-0.05, 0) is 33.1 Å². The van der Waals surface area contributed by atoms with Crippen molar-refractivity contribution >= 4 is 17.5 Å². The first kappa shape index (κ1) is 15.3. The molecular formula is C14H22ClN3O2. The summed E-state index contributed by atoms with van der Waals surface area (Å²) in [6.07, 6.45) is 4.68. The number of aliphatic hydroxyl groups excluding tert-OH is 1. The van der Waals surface area contributed by atoms with E-state index in [0.29, 0.717) is 12.4 Å². The highest BCUT2D eigenvalue weighted by Crippen LogP contribution is 2.30. The lowest BCUT2D eigenvalue weighted by Crippen LogP contribution is -2.41. The Balaban J connectivity index is 2.15. The van der Waals surface area contributed by atoms with E-state index in [4.69, 9.17) is 16.7 Å². The van der Waals surface area contributed by atoms with Crippen LogP contribution in [0, 0.1) is 5.41 Å². The maximum atomic E-state index is 12.2. The predicted molar refractivity (Wildman–Crippen MR) is 77.6 cm³/mol. The Morgan fingerprint density at radius 3 is 3.05 bits per heavy atom. The SMILES string of the molecule is CC(C)(CCl)C(=O)NC1CCCc2c1cnn2CCO. The minimum Gasteiger partial charge on any atom is -0.394 e. The van der Waals surface area contributed by atoms with Gasteiger partial charge in [-0.1, -0.05) is 0 Å². The number of alkyl halides is 1. The first-order valence-electron chi connectivity index (χ1n) is 7.02. The van der Waals surface area contributed by atoms with Crippen molar-refractivity contribution in [2.75, 3.05) is 12.5 Å². The maximum absolute atomic E-state index is 12.2. The van der Waals surface area contributed by atoms with E-state index in [0.717, 1.165) is 30.5 Å². The molecule has 1 heterocycles. The molecule has 0 aliphatic heterocycles. The molecule has 1 aliphatic carbocycles. The molecule has 1 unspecified atom stereocenters. The highest BCUT2D eigenvalue weighted by atomic mass is 35.5. The van der Waals surface area contributed by atoms with E-state index in [2.05, 4.69) is 10.4 Å². The molecule has 1 aromatic rings. The smallest absolute Gasteiger partial charge is 0.227 e. The van der Waals surface area contributed by atoms with Gasteiger partial charge >= 0.3 is 0 Å². The van der Waals surface area contributed by atoms with E-state index in [1.807, 2.05) is 24.7 Å². The molecule has 0 saturated heterocycles. The van der Waals surface area contributed by atoms with Crippen molar-refractivity contribution in [2.24, 2.45) is 5.41 Å². The Labute approximate surface area is 124 Å². The molecule has 1 aliphatic rings. The van der Waals surface area contributed by atoms with Crippen LogP contribution in [0.4, 0.5) is 0 Å². The number of nitrogens with one attached hydrogen (secondary N) is 1. The Kier molecular flexibility index (Phi) is 4.70. The number of carbonyl (C=O) groups is 1. The summed E-state index contributed by atoms with van der Waals surface area (Å²) in [5.74, 6) is 0.266. The second-order valence-electron chi connectivity index (χ2n) is 5.93. The summed E-state index contributed by atoms with van der Waals surface area (Å²) >= 11 is 5.85. The number of aromatic nitrogens is 2. The average Bonchev–Trinajstić information content (AvgIpc) is 2.84. The Morgan fingerprint density at radius 2 is 2.40 bits per heavy atom. The van der Waals surface area contributed by atoms with Crippen molar-refractivity contribution in [3.8, 4) is 0 Å². The van der Waals surface area contributed by atoms with Crippen LogP contribution in [0.1, 0.15) is 44.0 Å². The molecule has 2 rings (SSSR count). The van der Waals surface area contributed by atoms with E-state index in [1.54, 1.807) is 0 Å². The van der Waals surface area contributed by atoms with Crippen LogP contribution in [0.3, 0.4) is 0 Å². The minimum absolute atomic E-state index is 0.00110. The lowest BCUT2D eigenvalue weighted by molar-refractivity contribution is -0.129. The monoisotopic (exact) mass is 299 g/mol. The fraction of sp³-hybridized carbons (Fsp3) is 0.714. The third-order valence-electron chi connectivity index (χ3n) is 3.83. The van der Waals surface area contributed by atoms with Crippen molar-refractivity contribution in [1.29, 1.82) is 0 Å². The van der Waals surface area contributed by atoms with E-state index in [9.17, 15) is 4.79 Å². The largest absolute Gasteiger partial charge is 0.394 e. The molecule has 0 radical (unpaired) electrons. The number of carbonyl (C=O) groups excluding carboxylic acids is 1. The third-order valence-corrected chi connectivity index (χ3v) is 4.50. The van der Waals surface area contributed by atoms with Crippen molar-refractivity contribution in [3.05, 3.63) is 17.5 Å². The average molecular weight is 300 g/mol. The third kappa shape index (κ3) is 2.99. The zero-order chi connectivity index (χ0) is 14.8. The summed E-state index contributed by atoms with van der Waals surface area (Å²) < 4.78 is 1.83. The molecule has 0 saturated carbocycles. The van der Waals surface area contributed by atoms with Gasteiger partial charge in [0.1, 0.15) is 0 Å². The van der Waals surface area contributed by atoms with Crippen LogP contribution in [0.2, 0.25) is 0 Å². The normalized spacial score (nSPS) is 18.7. The standard InChI is InChI=1S/C14H22ClN3O2/c1-14(2,9-15)13(20)17-11-4-3-5-12-10(11)8-16-18(12)6-7-19/h8,11,19H,3-7,9H2,1-2H3,(H,17,20). The van der Waals surface area contributed by atoms with E-state index in [1.165, 1.54) is 0 Å². The molecule has 0 fully saturated rings. The van der Waals surface area contributed by atoms with Crippen molar-refractivity contribution in [3.63, 3.8) is 0 Å². The van der Waals surface area contributed by atoms with Gasteiger partial charge in [0.05, 0.1) is 30.8 Å². The second kappa shape index (κ2) is 6.14. The van der Waals surface area contributed by atoms with E-state index in [-0.39, 0.29) is 18.6 Å². The lowest BCUT2D eigenvalue weighted by Gasteiger charge is -2.28. The molecule has 2 N–H and O–H groups in total. The van der Waals surface area contributed by atoms with Crippen LogP contribution in [-0.2, 0) is 17.8 Å². The van der Waals surface area contributed by atoms with Gasteiger partial charge in [-0.2, -0.15) is 5.10 Å². The first-order chi connectivity index (χ1) is 9.49. The molecule has 0 aromatic carbocycles. The fourth-order valence-corrected chi connectivity index (χ4v) is 2.59. The van der Waals surface area contributed by atoms with Crippen molar-refractivity contribution in [1.82, 2.24) is 15.1 Å². The molecule has 0 spiro atoms. The number of halogens is 1. The Morgan fingerprint density at radius 1 is 1.65 bits per heavy atom. The van der Waals surface area contributed by atoms with Gasteiger partial charge in [0.15, 0.2) is 0 Å². The van der Waals surface area contributed by atoms with Crippen molar-refractivity contribution < 1.29 is 9.90 Å². The van der Waals surface area contributed by atoms with Crippen LogP contribution < -0.4 is 5.32 Å². The number of hydrogen-bond acceptors (Lipinski definition) is 3. The molecule has 6 heteroatoms. The molecular weight excluding hydrogens is 278 g/mol. The molecule has 1 atom stereocenters. The molecule has 5 nitrogen and oxygen atoms in total. The van der Waals surface area contributed by atoms with Gasteiger partial charge in [-0.15, -0.1) is 11.6 Å². The first-order valence-corrected chi connectivity index (χ1v) is 7.55. The predicted octanol–water partition coefficient (Wildman–Crippen LogP) is 1.63. The number of aliphatic hydroxyl groups is 1. The summed E-state index contributed by atoms with van der Waals surface area (Å²) in [5, 5.41) is 16.4. The molecule has 0 bridgehead atoms. The van der Waals surface area contributed by atoms with Crippen LogP contribution in [0.15, 0.2) is 6.20 Å². The molecule has 20 heavy (non-hydrogen) atoms. The summed E-state index contributed by atoms with van der Waals surface area (Å²) in [5.41, 5.74) is 1.63. The zero-order valence-corrected chi connectivity index (χ0v) is 12.8. The minimum atomic E-state index is -0.569. The zero-order valence-electron chi connectivity index (χ0n) is 12.0. The molecule has 112 valence electrons. The van der Waals surface area contributed by atoms with E-state index >= 15 is 0 Å². The summed E-state index contributed by atoms with van der Waals surface area (Å²) in [6.45, 7) is 4.26.